The lowest BCUT2D eigenvalue weighted by atomic mass is 9.80. The minimum atomic E-state index is -1.02. The van der Waals surface area contributed by atoms with Crippen LogP contribution in [0, 0.1) is 0 Å². The van der Waals surface area contributed by atoms with Gasteiger partial charge in [0.25, 0.3) is 5.91 Å². The Labute approximate surface area is 228 Å². The van der Waals surface area contributed by atoms with Crippen LogP contribution in [0.1, 0.15) is 67.0 Å². The molecule has 3 aromatic rings. The van der Waals surface area contributed by atoms with E-state index in [9.17, 15) is 19.5 Å². The first-order valence-electron chi connectivity index (χ1n) is 12.9. The number of carbonyl (C=O) groups is 3. The zero-order chi connectivity index (χ0) is 28.4. The SMILES string of the molecule is CCCNC(=O)c1cc(C(N)=O)cc(C(N)=O)c1[C@H](Cc1ccccc1)[C@@H](O)CNCc1cccc(OC)c1. The van der Waals surface area contributed by atoms with Crippen molar-refractivity contribution in [1.29, 1.82) is 0 Å². The van der Waals surface area contributed by atoms with Gasteiger partial charge in [-0.3, -0.25) is 14.4 Å². The highest BCUT2D eigenvalue weighted by molar-refractivity contribution is 6.06. The fraction of sp³-hybridized carbons (Fsp3) is 0.300. The summed E-state index contributed by atoms with van der Waals surface area (Å²) in [7, 11) is 1.60. The molecule has 3 amide bonds. The molecule has 0 heterocycles. The number of nitrogens with one attached hydrogen (secondary N) is 2. The van der Waals surface area contributed by atoms with Crippen molar-refractivity contribution in [3.8, 4) is 5.75 Å². The molecule has 9 nitrogen and oxygen atoms in total. The van der Waals surface area contributed by atoms with Crippen LogP contribution >= 0.6 is 0 Å². The van der Waals surface area contributed by atoms with E-state index in [2.05, 4.69) is 10.6 Å². The van der Waals surface area contributed by atoms with Crippen LogP contribution in [0.15, 0.2) is 66.7 Å². The minimum absolute atomic E-state index is 0.0155. The molecule has 0 saturated heterocycles. The van der Waals surface area contributed by atoms with Gasteiger partial charge in [-0.15, -0.1) is 0 Å². The predicted molar refractivity (Wildman–Crippen MR) is 150 cm³/mol. The maximum atomic E-state index is 13.3. The summed E-state index contributed by atoms with van der Waals surface area (Å²) in [6.07, 6.45) is -0.0255. The van der Waals surface area contributed by atoms with Gasteiger partial charge in [0.05, 0.1) is 13.2 Å². The molecular weight excluding hydrogens is 496 g/mol. The molecule has 0 aliphatic carbocycles. The Balaban J connectivity index is 2.04. The fourth-order valence-electron chi connectivity index (χ4n) is 4.51. The average molecular weight is 533 g/mol. The van der Waals surface area contributed by atoms with Crippen molar-refractivity contribution in [2.45, 2.75) is 38.3 Å². The number of aliphatic hydroxyl groups is 1. The number of benzene rings is 3. The van der Waals surface area contributed by atoms with Crippen LogP contribution < -0.4 is 26.8 Å². The highest BCUT2D eigenvalue weighted by Gasteiger charge is 2.31. The highest BCUT2D eigenvalue weighted by Crippen LogP contribution is 2.32. The first kappa shape index (κ1) is 29.3. The molecule has 9 heteroatoms. The zero-order valence-corrected chi connectivity index (χ0v) is 22.3. The van der Waals surface area contributed by atoms with Gasteiger partial charge in [0.1, 0.15) is 5.75 Å². The Bertz CT molecular complexity index is 1300. The second-order valence-electron chi connectivity index (χ2n) is 9.32. The van der Waals surface area contributed by atoms with E-state index in [1.54, 1.807) is 7.11 Å². The van der Waals surface area contributed by atoms with Crippen molar-refractivity contribution < 1.29 is 24.2 Å². The summed E-state index contributed by atoms with van der Waals surface area (Å²) < 4.78 is 5.28. The lowest BCUT2D eigenvalue weighted by molar-refractivity contribution is 0.0948. The number of rotatable bonds is 14. The van der Waals surface area contributed by atoms with Gasteiger partial charge in [-0.1, -0.05) is 49.4 Å². The van der Waals surface area contributed by atoms with E-state index in [-0.39, 0.29) is 28.8 Å². The molecule has 0 fully saturated rings. The predicted octanol–water partition coefficient (Wildman–Crippen LogP) is 2.51. The molecule has 3 rings (SSSR count). The van der Waals surface area contributed by atoms with Gasteiger partial charge in [0, 0.05) is 42.2 Å². The summed E-state index contributed by atoms with van der Waals surface area (Å²) >= 11 is 0. The Morgan fingerprint density at radius 1 is 0.923 bits per heavy atom. The summed E-state index contributed by atoms with van der Waals surface area (Å²) in [5, 5.41) is 17.6. The van der Waals surface area contributed by atoms with E-state index in [4.69, 9.17) is 16.2 Å². The maximum Gasteiger partial charge on any atom is 0.251 e. The van der Waals surface area contributed by atoms with E-state index >= 15 is 0 Å². The number of hydrogen-bond donors (Lipinski definition) is 5. The third-order valence-corrected chi connectivity index (χ3v) is 6.46. The number of nitrogens with two attached hydrogens (primary N) is 2. The molecule has 2 atom stereocenters. The van der Waals surface area contributed by atoms with Crippen LogP contribution in [0.5, 0.6) is 5.75 Å². The Morgan fingerprint density at radius 2 is 1.62 bits per heavy atom. The molecule has 3 aromatic carbocycles. The van der Waals surface area contributed by atoms with Gasteiger partial charge < -0.3 is 31.9 Å². The second-order valence-corrected chi connectivity index (χ2v) is 9.32. The molecule has 206 valence electrons. The van der Waals surface area contributed by atoms with Gasteiger partial charge >= 0.3 is 0 Å². The van der Waals surface area contributed by atoms with Crippen LogP contribution in [0.3, 0.4) is 0 Å². The minimum Gasteiger partial charge on any atom is -0.497 e. The third kappa shape index (κ3) is 7.89. The first-order valence-corrected chi connectivity index (χ1v) is 12.9. The van der Waals surface area contributed by atoms with E-state index in [1.807, 2.05) is 61.5 Å². The Kier molecular flexibility index (Phi) is 10.6. The smallest absolute Gasteiger partial charge is 0.251 e. The zero-order valence-electron chi connectivity index (χ0n) is 22.3. The highest BCUT2D eigenvalue weighted by atomic mass is 16.5. The topological polar surface area (TPSA) is 157 Å². The van der Waals surface area contributed by atoms with Crippen LogP contribution in [0.25, 0.3) is 0 Å². The van der Waals surface area contributed by atoms with E-state index in [1.165, 1.54) is 12.1 Å². The van der Waals surface area contributed by atoms with Crippen LogP contribution in [-0.4, -0.2) is 49.1 Å². The summed E-state index contributed by atoms with van der Waals surface area (Å²) in [5.41, 5.74) is 13.4. The standard InChI is InChI=1S/C30H36N4O5/c1-3-12-34-30(38)25-16-21(28(31)36)15-24(29(32)37)27(25)23(14-19-8-5-4-6-9-19)26(35)18-33-17-20-10-7-11-22(13-20)39-2/h4-11,13,15-16,23,26,33,35H,3,12,14,17-18H2,1-2H3,(H2,31,36)(H2,32,37)(H,34,38)/t23-,26+/m1/s1. The normalized spacial score (nSPS) is 12.4. The van der Waals surface area contributed by atoms with Gasteiger partial charge in [0.2, 0.25) is 11.8 Å². The van der Waals surface area contributed by atoms with Gasteiger partial charge in [-0.25, -0.2) is 0 Å². The van der Waals surface area contributed by atoms with E-state index < -0.39 is 29.7 Å². The molecule has 0 aromatic heterocycles. The molecule has 0 unspecified atom stereocenters. The van der Waals surface area contributed by atoms with Crippen molar-refractivity contribution in [2.75, 3.05) is 20.2 Å². The summed E-state index contributed by atoms with van der Waals surface area (Å²) in [6, 6.07) is 19.7. The number of hydrogen-bond acceptors (Lipinski definition) is 6. The van der Waals surface area contributed by atoms with Crippen LogP contribution in [0.4, 0.5) is 0 Å². The lowest BCUT2D eigenvalue weighted by Gasteiger charge is -2.28. The van der Waals surface area contributed by atoms with Gasteiger partial charge in [-0.05, 0) is 53.8 Å². The molecular formula is C30H36N4O5. The first-order chi connectivity index (χ1) is 18.7. The number of ether oxygens (including phenoxy) is 1. The van der Waals surface area contributed by atoms with E-state index in [0.29, 0.717) is 25.9 Å². The van der Waals surface area contributed by atoms with Crippen molar-refractivity contribution >= 4 is 17.7 Å². The lowest BCUT2D eigenvalue weighted by Crippen LogP contribution is -2.36. The van der Waals surface area contributed by atoms with Crippen LogP contribution in [-0.2, 0) is 13.0 Å². The van der Waals surface area contributed by atoms with Crippen molar-refractivity contribution in [2.24, 2.45) is 11.5 Å². The maximum absolute atomic E-state index is 13.3. The Hall–Kier alpha value is -4.21. The monoisotopic (exact) mass is 532 g/mol. The number of aliphatic hydroxyl groups excluding tert-OH is 1. The molecule has 7 N–H and O–H groups in total. The Morgan fingerprint density at radius 3 is 2.26 bits per heavy atom. The largest absolute Gasteiger partial charge is 0.497 e. The summed E-state index contributed by atoms with van der Waals surface area (Å²) in [4.78, 5) is 38.0. The molecule has 0 aliphatic rings. The molecule has 0 aliphatic heterocycles. The van der Waals surface area contributed by atoms with E-state index in [0.717, 1.165) is 16.9 Å². The third-order valence-electron chi connectivity index (χ3n) is 6.46. The quantitative estimate of drug-likeness (QED) is 0.215. The number of carbonyl (C=O) groups excluding carboxylic acids is 3. The molecule has 0 spiro atoms. The van der Waals surface area contributed by atoms with Crippen molar-refractivity contribution in [1.82, 2.24) is 10.6 Å². The second kappa shape index (κ2) is 14.1. The average Bonchev–Trinajstić information content (AvgIpc) is 2.94. The van der Waals surface area contributed by atoms with Crippen molar-refractivity contribution in [3.05, 3.63) is 100 Å². The number of primary amides is 2. The van der Waals surface area contributed by atoms with Crippen LogP contribution in [0.2, 0.25) is 0 Å². The fourth-order valence-corrected chi connectivity index (χ4v) is 4.51. The molecule has 0 radical (unpaired) electrons. The summed E-state index contributed by atoms with van der Waals surface area (Å²) in [5.74, 6) is -2.09. The number of methoxy groups -OCH3 is 1. The molecule has 39 heavy (non-hydrogen) atoms. The summed E-state index contributed by atoms with van der Waals surface area (Å²) in [6.45, 7) is 2.91. The van der Waals surface area contributed by atoms with Crippen molar-refractivity contribution in [3.63, 3.8) is 0 Å². The van der Waals surface area contributed by atoms with Gasteiger partial charge in [0.15, 0.2) is 0 Å². The number of amides is 3. The molecule has 0 bridgehead atoms. The van der Waals surface area contributed by atoms with Gasteiger partial charge in [-0.2, -0.15) is 0 Å². The molecule has 0 saturated carbocycles.